The van der Waals surface area contributed by atoms with Gasteiger partial charge in [0.15, 0.2) is 0 Å². The van der Waals surface area contributed by atoms with Crippen molar-refractivity contribution in [1.29, 1.82) is 0 Å². The lowest BCUT2D eigenvalue weighted by molar-refractivity contribution is -0.117. The summed E-state index contributed by atoms with van der Waals surface area (Å²) in [7, 11) is 0. The van der Waals surface area contributed by atoms with E-state index >= 15 is 0 Å². The van der Waals surface area contributed by atoms with Gasteiger partial charge in [-0.1, -0.05) is 48.0 Å². The maximum Gasteiger partial charge on any atom is 0.232 e. The second-order valence-corrected chi connectivity index (χ2v) is 5.79. The van der Waals surface area contributed by atoms with E-state index in [9.17, 15) is 4.79 Å². The number of nitrogens with zero attached hydrogens (tertiary/aromatic N) is 4. The van der Waals surface area contributed by atoms with Crippen LogP contribution in [0.3, 0.4) is 0 Å². The van der Waals surface area contributed by atoms with E-state index < -0.39 is 5.92 Å². The Morgan fingerprint density at radius 3 is 2.71 bits per heavy atom. The Morgan fingerprint density at radius 1 is 1.17 bits per heavy atom. The van der Waals surface area contributed by atoms with Crippen LogP contribution in [-0.2, 0) is 11.2 Å². The van der Waals surface area contributed by atoms with Crippen molar-refractivity contribution in [2.45, 2.75) is 26.2 Å². The van der Waals surface area contributed by atoms with Crippen molar-refractivity contribution >= 4 is 11.6 Å². The van der Waals surface area contributed by atoms with Crippen molar-refractivity contribution in [3.05, 3.63) is 71.0 Å². The molecule has 0 fully saturated rings. The van der Waals surface area contributed by atoms with Crippen LogP contribution in [0.25, 0.3) is 0 Å². The van der Waals surface area contributed by atoms with Gasteiger partial charge in [0, 0.05) is 11.5 Å². The van der Waals surface area contributed by atoms with Crippen LogP contribution in [0.15, 0.2) is 48.5 Å². The largest absolute Gasteiger partial charge is 0.335 e. The van der Waals surface area contributed by atoms with Crippen LogP contribution in [0.5, 0.6) is 0 Å². The molecular weight excluding hydrogens is 302 g/mol. The van der Waals surface area contributed by atoms with Crippen LogP contribution in [0.2, 0.25) is 0 Å². The first kappa shape index (κ1) is 15.9. The smallest absolute Gasteiger partial charge is 0.232 e. The third-order valence-electron chi connectivity index (χ3n) is 3.89. The number of aromatic nitrogens is 4. The molecule has 0 aliphatic heterocycles. The summed E-state index contributed by atoms with van der Waals surface area (Å²) in [6, 6.07) is 15.7. The summed E-state index contributed by atoms with van der Waals surface area (Å²) in [5.74, 6) is -0.371. The molecule has 6 heteroatoms. The Bertz CT molecular complexity index is 829. The molecular formula is C18H18N5O-. The number of nitrogens with one attached hydrogen (secondary N) is 1. The van der Waals surface area contributed by atoms with E-state index in [2.05, 4.69) is 32.0 Å². The average molecular weight is 320 g/mol. The van der Waals surface area contributed by atoms with E-state index in [0.717, 1.165) is 22.4 Å². The van der Waals surface area contributed by atoms with Crippen LogP contribution in [0.1, 0.15) is 28.4 Å². The van der Waals surface area contributed by atoms with Crippen molar-refractivity contribution < 1.29 is 4.79 Å². The summed E-state index contributed by atoms with van der Waals surface area (Å²) in [6.45, 7) is 3.97. The molecule has 0 aliphatic carbocycles. The fraction of sp³-hybridized carbons (Fsp3) is 0.222. The van der Waals surface area contributed by atoms with E-state index in [1.54, 1.807) is 0 Å². The van der Waals surface area contributed by atoms with E-state index in [1.165, 1.54) is 0 Å². The van der Waals surface area contributed by atoms with Crippen LogP contribution < -0.4 is 10.4 Å². The first-order valence-electron chi connectivity index (χ1n) is 7.74. The summed E-state index contributed by atoms with van der Waals surface area (Å²) < 4.78 is 0. The highest BCUT2D eigenvalue weighted by molar-refractivity contribution is 5.96. The number of aryl methyl sites for hydroxylation is 2. The Hall–Kier alpha value is -3.02. The second kappa shape index (κ2) is 7.04. The first-order valence-corrected chi connectivity index (χ1v) is 7.74. The van der Waals surface area contributed by atoms with Crippen LogP contribution >= 0.6 is 0 Å². The molecule has 0 aliphatic rings. The number of anilines is 1. The number of rotatable bonds is 5. The zero-order valence-electron chi connectivity index (χ0n) is 13.6. The third-order valence-corrected chi connectivity index (χ3v) is 3.89. The molecule has 0 saturated carbocycles. The van der Waals surface area contributed by atoms with Crippen molar-refractivity contribution in [2.75, 3.05) is 5.32 Å². The van der Waals surface area contributed by atoms with Crippen molar-refractivity contribution in [3.8, 4) is 0 Å². The summed E-state index contributed by atoms with van der Waals surface area (Å²) in [4.78, 5) is 12.8. The number of carbonyl (C=O) groups is 1. The van der Waals surface area contributed by atoms with Crippen molar-refractivity contribution in [1.82, 2.24) is 20.6 Å². The van der Waals surface area contributed by atoms with Gasteiger partial charge >= 0.3 is 0 Å². The summed E-state index contributed by atoms with van der Waals surface area (Å²) in [6.07, 6.45) is 0.493. The molecule has 3 rings (SSSR count). The summed E-state index contributed by atoms with van der Waals surface area (Å²) >= 11 is 0. The standard InChI is InChI=1S/C18H19N5O/c1-12-6-5-8-14(10-12)11-15(17-20-22-23-21-17)18(24)19-16-9-4-3-7-13(16)2/h3-10,15H,11H2,1-2H3,(H2,19,20,21,22,23,24)/p-1/t15-/m0/s1. The number of para-hydroxylation sites is 1. The van der Waals surface area contributed by atoms with Crippen LogP contribution in [0.4, 0.5) is 5.69 Å². The molecule has 1 amide bonds. The van der Waals surface area contributed by atoms with Gasteiger partial charge in [0.05, 0.1) is 5.92 Å². The average Bonchev–Trinajstić information content (AvgIpc) is 3.09. The molecule has 122 valence electrons. The van der Waals surface area contributed by atoms with Gasteiger partial charge in [0.2, 0.25) is 5.91 Å². The minimum Gasteiger partial charge on any atom is -0.335 e. The van der Waals surface area contributed by atoms with Crippen LogP contribution in [0, 0.1) is 13.8 Å². The number of amides is 1. The minimum atomic E-state index is -0.540. The topological polar surface area (TPSA) is 81.9 Å². The molecule has 1 heterocycles. The van der Waals surface area contributed by atoms with Gasteiger partial charge in [0.25, 0.3) is 0 Å². The van der Waals surface area contributed by atoms with Gasteiger partial charge in [-0.3, -0.25) is 15.1 Å². The Balaban J connectivity index is 1.85. The van der Waals surface area contributed by atoms with Gasteiger partial charge < -0.3 is 10.4 Å². The molecule has 2 aromatic carbocycles. The lowest BCUT2D eigenvalue weighted by atomic mass is 9.96. The molecule has 24 heavy (non-hydrogen) atoms. The fourth-order valence-corrected chi connectivity index (χ4v) is 2.60. The minimum absolute atomic E-state index is 0.166. The molecule has 1 atom stereocenters. The monoisotopic (exact) mass is 320 g/mol. The molecule has 0 bridgehead atoms. The highest BCUT2D eigenvalue weighted by Crippen LogP contribution is 2.21. The van der Waals surface area contributed by atoms with Crippen LogP contribution in [-0.4, -0.2) is 21.4 Å². The van der Waals surface area contributed by atoms with E-state index in [4.69, 9.17) is 0 Å². The van der Waals surface area contributed by atoms with E-state index in [1.807, 2.05) is 56.3 Å². The Labute approximate surface area is 140 Å². The van der Waals surface area contributed by atoms with E-state index in [0.29, 0.717) is 12.2 Å². The zero-order valence-corrected chi connectivity index (χ0v) is 13.6. The maximum atomic E-state index is 12.8. The molecule has 3 aromatic rings. The number of tetrazole rings is 1. The second-order valence-electron chi connectivity index (χ2n) is 5.79. The SMILES string of the molecule is Cc1cccc(C[C@H](C(=O)Nc2ccccc2C)c2nnn[n-]2)c1. The molecule has 1 N–H and O–H groups in total. The lowest BCUT2D eigenvalue weighted by Gasteiger charge is -2.18. The molecule has 0 saturated heterocycles. The normalized spacial score (nSPS) is 11.9. The fourth-order valence-electron chi connectivity index (χ4n) is 2.60. The molecule has 0 unspecified atom stereocenters. The predicted molar refractivity (Wildman–Crippen MR) is 90.6 cm³/mol. The third kappa shape index (κ3) is 3.65. The quantitative estimate of drug-likeness (QED) is 0.780. The van der Waals surface area contributed by atoms with Gasteiger partial charge in [-0.05, 0) is 37.5 Å². The number of hydrogen-bond donors (Lipinski definition) is 1. The highest BCUT2D eigenvalue weighted by atomic mass is 16.1. The van der Waals surface area contributed by atoms with Gasteiger partial charge in [-0.2, -0.15) is 5.21 Å². The number of carbonyl (C=O) groups excluding carboxylic acids is 1. The molecule has 1 aromatic heterocycles. The van der Waals surface area contributed by atoms with Gasteiger partial charge in [-0.15, -0.1) is 0 Å². The Kier molecular flexibility index (Phi) is 4.65. The van der Waals surface area contributed by atoms with Crippen molar-refractivity contribution in [2.24, 2.45) is 0 Å². The number of benzene rings is 2. The highest BCUT2D eigenvalue weighted by Gasteiger charge is 2.21. The molecule has 6 nitrogen and oxygen atoms in total. The van der Waals surface area contributed by atoms with Crippen molar-refractivity contribution in [3.63, 3.8) is 0 Å². The zero-order chi connectivity index (χ0) is 16.9. The van der Waals surface area contributed by atoms with Gasteiger partial charge in [-0.25, -0.2) is 0 Å². The summed E-state index contributed by atoms with van der Waals surface area (Å²) in [5.41, 5.74) is 3.97. The van der Waals surface area contributed by atoms with E-state index in [-0.39, 0.29) is 5.91 Å². The summed E-state index contributed by atoms with van der Waals surface area (Å²) in [5, 5.41) is 17.8. The maximum absolute atomic E-state index is 12.8. The lowest BCUT2D eigenvalue weighted by Crippen LogP contribution is -2.25. The Morgan fingerprint density at radius 2 is 2.00 bits per heavy atom. The molecule has 0 spiro atoms. The number of hydrogen-bond acceptors (Lipinski definition) is 4. The van der Waals surface area contributed by atoms with Gasteiger partial charge in [0.1, 0.15) is 0 Å². The predicted octanol–water partition coefficient (Wildman–Crippen LogP) is 2.41. The first-order chi connectivity index (χ1) is 11.6. The molecule has 0 radical (unpaired) electrons.